The van der Waals surface area contributed by atoms with Crippen molar-refractivity contribution in [3.63, 3.8) is 0 Å². The van der Waals surface area contributed by atoms with Crippen molar-refractivity contribution in [3.05, 3.63) is 51.2 Å². The van der Waals surface area contributed by atoms with Crippen molar-refractivity contribution in [3.8, 4) is 11.1 Å². The average molecular weight is 292 g/mol. The zero-order chi connectivity index (χ0) is 13.4. The molecule has 2 aromatic heterocycles. The average Bonchev–Trinajstić information content (AvgIpc) is 2.84. The molecule has 94 valence electrons. The van der Waals surface area contributed by atoms with Gasteiger partial charge in [0.05, 0.1) is 10.3 Å². The summed E-state index contributed by atoms with van der Waals surface area (Å²) >= 11 is 7.51. The minimum atomic E-state index is -0.420. The molecular formula is C12H6ClN3O2S. The van der Waals surface area contributed by atoms with Crippen molar-refractivity contribution in [1.82, 2.24) is 9.97 Å². The van der Waals surface area contributed by atoms with E-state index in [1.54, 1.807) is 12.1 Å². The van der Waals surface area contributed by atoms with Gasteiger partial charge in [-0.15, -0.1) is 11.3 Å². The van der Waals surface area contributed by atoms with Crippen molar-refractivity contribution < 1.29 is 4.92 Å². The Hall–Kier alpha value is -2.05. The van der Waals surface area contributed by atoms with Crippen molar-refractivity contribution in [1.29, 1.82) is 0 Å². The Morgan fingerprint density at radius 2 is 2.16 bits per heavy atom. The van der Waals surface area contributed by atoms with Gasteiger partial charge in [0, 0.05) is 23.1 Å². The lowest BCUT2D eigenvalue weighted by molar-refractivity contribution is -0.384. The Morgan fingerprint density at radius 3 is 2.95 bits per heavy atom. The van der Waals surface area contributed by atoms with Crippen LogP contribution in [-0.4, -0.2) is 14.9 Å². The van der Waals surface area contributed by atoms with E-state index < -0.39 is 4.92 Å². The molecule has 0 saturated heterocycles. The smallest absolute Gasteiger partial charge is 0.258 e. The van der Waals surface area contributed by atoms with E-state index in [4.69, 9.17) is 11.6 Å². The minimum Gasteiger partial charge on any atom is -0.258 e. The fraction of sp³-hybridized carbons (Fsp3) is 0. The number of nitro groups is 1. The third kappa shape index (κ3) is 2.05. The highest BCUT2D eigenvalue weighted by Gasteiger charge is 2.14. The number of benzene rings is 1. The van der Waals surface area contributed by atoms with Crippen molar-refractivity contribution in [2.45, 2.75) is 0 Å². The first-order chi connectivity index (χ1) is 9.16. The number of nitrogens with zero attached hydrogens (tertiary/aromatic N) is 3. The van der Waals surface area contributed by atoms with Crippen LogP contribution in [0.3, 0.4) is 0 Å². The molecule has 0 amide bonds. The molecule has 0 atom stereocenters. The van der Waals surface area contributed by atoms with Crippen LogP contribution in [0.15, 0.2) is 36.0 Å². The molecule has 2 heterocycles. The van der Waals surface area contributed by atoms with E-state index in [0.29, 0.717) is 5.15 Å². The number of halogens is 1. The fourth-order valence-corrected chi connectivity index (χ4v) is 3.04. The SMILES string of the molecule is O=[N+]([O-])c1cccc(-c2csc3ncnc(Cl)c23)c1. The van der Waals surface area contributed by atoms with E-state index in [-0.39, 0.29) is 5.69 Å². The van der Waals surface area contributed by atoms with Crippen LogP contribution in [0.25, 0.3) is 21.3 Å². The predicted molar refractivity (Wildman–Crippen MR) is 74.5 cm³/mol. The Balaban J connectivity index is 2.25. The molecule has 0 radical (unpaired) electrons. The quantitative estimate of drug-likeness (QED) is 0.408. The minimum absolute atomic E-state index is 0.0461. The van der Waals surface area contributed by atoms with Crippen molar-refractivity contribution >= 4 is 38.8 Å². The highest BCUT2D eigenvalue weighted by atomic mass is 35.5. The second kappa shape index (κ2) is 4.56. The van der Waals surface area contributed by atoms with Gasteiger partial charge in [-0.3, -0.25) is 10.1 Å². The van der Waals surface area contributed by atoms with Gasteiger partial charge in [-0.2, -0.15) is 0 Å². The standard InChI is InChI=1S/C12H6ClN3O2S/c13-11-10-9(5-19-12(10)15-6-14-11)7-2-1-3-8(4-7)16(17)18/h1-6H. The summed E-state index contributed by atoms with van der Waals surface area (Å²) in [6.45, 7) is 0. The number of fused-ring (bicyclic) bond motifs is 1. The van der Waals surface area contributed by atoms with E-state index in [0.717, 1.165) is 21.3 Å². The van der Waals surface area contributed by atoms with Gasteiger partial charge in [-0.1, -0.05) is 23.7 Å². The fourth-order valence-electron chi connectivity index (χ4n) is 1.84. The van der Waals surface area contributed by atoms with Gasteiger partial charge >= 0.3 is 0 Å². The van der Waals surface area contributed by atoms with E-state index in [1.807, 2.05) is 5.38 Å². The largest absolute Gasteiger partial charge is 0.270 e. The summed E-state index contributed by atoms with van der Waals surface area (Å²) in [5.41, 5.74) is 1.59. The third-order valence-corrected chi connectivity index (χ3v) is 3.86. The number of hydrogen-bond acceptors (Lipinski definition) is 5. The first kappa shape index (κ1) is 12.0. The molecule has 0 N–H and O–H groups in total. The Morgan fingerprint density at radius 1 is 1.32 bits per heavy atom. The molecule has 7 heteroatoms. The summed E-state index contributed by atoms with van der Waals surface area (Å²) in [6.07, 6.45) is 1.40. The third-order valence-electron chi connectivity index (χ3n) is 2.69. The lowest BCUT2D eigenvalue weighted by Crippen LogP contribution is -1.88. The number of nitro benzene ring substituents is 1. The van der Waals surface area contributed by atoms with Gasteiger partial charge in [0.25, 0.3) is 5.69 Å². The van der Waals surface area contributed by atoms with Crippen LogP contribution >= 0.6 is 22.9 Å². The molecule has 3 rings (SSSR count). The van der Waals surface area contributed by atoms with Gasteiger partial charge in [0.15, 0.2) is 0 Å². The van der Waals surface area contributed by atoms with E-state index in [1.165, 1.54) is 29.8 Å². The van der Waals surface area contributed by atoms with Gasteiger partial charge in [-0.05, 0) is 5.56 Å². The maximum Gasteiger partial charge on any atom is 0.270 e. The lowest BCUT2D eigenvalue weighted by atomic mass is 10.1. The van der Waals surface area contributed by atoms with Crippen LogP contribution in [0.5, 0.6) is 0 Å². The Labute approximate surface area is 116 Å². The van der Waals surface area contributed by atoms with Crippen molar-refractivity contribution in [2.24, 2.45) is 0 Å². The van der Waals surface area contributed by atoms with Crippen LogP contribution in [-0.2, 0) is 0 Å². The normalized spacial score (nSPS) is 10.8. The number of hydrogen-bond donors (Lipinski definition) is 0. The summed E-state index contributed by atoms with van der Waals surface area (Å²) in [6, 6.07) is 6.42. The predicted octanol–water partition coefficient (Wildman–Crippen LogP) is 3.92. The first-order valence-electron chi connectivity index (χ1n) is 5.29. The molecule has 0 fully saturated rings. The van der Waals surface area contributed by atoms with E-state index >= 15 is 0 Å². The van der Waals surface area contributed by atoms with Gasteiger partial charge in [-0.25, -0.2) is 9.97 Å². The topological polar surface area (TPSA) is 68.9 Å². The number of rotatable bonds is 2. The molecule has 3 aromatic rings. The highest BCUT2D eigenvalue weighted by Crippen LogP contribution is 2.36. The van der Waals surface area contributed by atoms with Gasteiger partial charge in [0.2, 0.25) is 0 Å². The second-order valence-electron chi connectivity index (χ2n) is 3.80. The molecule has 0 spiro atoms. The molecule has 1 aromatic carbocycles. The zero-order valence-electron chi connectivity index (χ0n) is 9.41. The number of non-ortho nitro benzene ring substituents is 1. The van der Waals surface area contributed by atoms with Crippen LogP contribution in [0, 0.1) is 10.1 Å². The molecule has 5 nitrogen and oxygen atoms in total. The summed E-state index contributed by atoms with van der Waals surface area (Å²) in [5, 5.41) is 13.8. The molecular weight excluding hydrogens is 286 g/mol. The molecule has 0 aliphatic heterocycles. The molecule has 0 aliphatic rings. The van der Waals surface area contributed by atoms with Gasteiger partial charge in [0.1, 0.15) is 16.3 Å². The maximum atomic E-state index is 10.8. The van der Waals surface area contributed by atoms with E-state index in [2.05, 4.69) is 9.97 Å². The Bertz CT molecular complexity index is 787. The van der Waals surface area contributed by atoms with Crippen LogP contribution < -0.4 is 0 Å². The van der Waals surface area contributed by atoms with E-state index in [9.17, 15) is 10.1 Å². The molecule has 0 saturated carbocycles. The first-order valence-corrected chi connectivity index (χ1v) is 6.55. The van der Waals surface area contributed by atoms with Gasteiger partial charge < -0.3 is 0 Å². The highest BCUT2D eigenvalue weighted by molar-refractivity contribution is 7.17. The van der Waals surface area contributed by atoms with Crippen LogP contribution in [0.4, 0.5) is 5.69 Å². The maximum absolute atomic E-state index is 10.8. The molecule has 0 bridgehead atoms. The van der Waals surface area contributed by atoms with Crippen LogP contribution in [0.1, 0.15) is 0 Å². The number of thiophene rings is 1. The molecule has 19 heavy (non-hydrogen) atoms. The van der Waals surface area contributed by atoms with Crippen LogP contribution in [0.2, 0.25) is 5.15 Å². The summed E-state index contributed by atoms with van der Waals surface area (Å²) in [4.78, 5) is 19.2. The summed E-state index contributed by atoms with van der Waals surface area (Å²) < 4.78 is 0. The van der Waals surface area contributed by atoms with Crippen molar-refractivity contribution in [2.75, 3.05) is 0 Å². The zero-order valence-corrected chi connectivity index (χ0v) is 11.0. The Kier molecular flexibility index (Phi) is 2.88. The molecule has 0 aliphatic carbocycles. The lowest BCUT2D eigenvalue weighted by Gasteiger charge is -2.00. The second-order valence-corrected chi connectivity index (χ2v) is 5.02. The summed E-state index contributed by atoms with van der Waals surface area (Å²) in [7, 11) is 0. The summed E-state index contributed by atoms with van der Waals surface area (Å²) in [5.74, 6) is 0. The number of aromatic nitrogens is 2. The monoisotopic (exact) mass is 291 g/mol. The molecule has 0 unspecified atom stereocenters.